The second kappa shape index (κ2) is 11.0. The van der Waals surface area contributed by atoms with Crippen LogP contribution in [-0.2, 0) is 41.9 Å². The molecule has 146 valence electrons. The van der Waals surface area contributed by atoms with Crippen LogP contribution < -0.4 is 0 Å². The highest BCUT2D eigenvalue weighted by Crippen LogP contribution is 2.17. The first kappa shape index (κ1) is 23.2. The van der Waals surface area contributed by atoms with Gasteiger partial charge in [0.2, 0.25) is 0 Å². The van der Waals surface area contributed by atoms with Crippen LogP contribution in [0.15, 0.2) is 37.0 Å². The molecule has 0 fully saturated rings. The van der Waals surface area contributed by atoms with Gasteiger partial charge < -0.3 is 27.5 Å². The molecule has 0 saturated heterocycles. The number of ether oxygens (including phenoxy) is 3. The van der Waals surface area contributed by atoms with Crippen molar-refractivity contribution in [1.82, 2.24) is 0 Å². The average Bonchev–Trinajstić information content (AvgIpc) is 2.54. The molecule has 0 aromatic carbocycles. The van der Waals surface area contributed by atoms with Crippen molar-refractivity contribution in [2.75, 3.05) is 19.8 Å². The maximum Gasteiger partial charge on any atom is 0.702 e. The highest BCUT2D eigenvalue weighted by atomic mass is 28.4. The molecule has 0 spiro atoms. The molecule has 0 aliphatic rings. The largest absolute Gasteiger partial charge is 0.702 e. The van der Waals surface area contributed by atoms with Crippen molar-refractivity contribution in [3.63, 3.8) is 0 Å². The van der Waals surface area contributed by atoms with E-state index < -0.39 is 26.7 Å². The second-order valence-corrected chi connectivity index (χ2v) is 6.94. The standard InChI is InChI=1S/C16H24O9Si/c1-8-20-11(4)14(17)23-26(7,24-15(18)12(5)21-9-2)25-16(19)13(6)22-10-3/h4-6,8-10H2,1-3,7H3. The smallest absolute Gasteiger partial charge is 0.487 e. The first-order valence-corrected chi connectivity index (χ1v) is 9.97. The summed E-state index contributed by atoms with van der Waals surface area (Å²) < 4.78 is 29.9. The van der Waals surface area contributed by atoms with Crippen molar-refractivity contribution in [2.45, 2.75) is 27.3 Å². The van der Waals surface area contributed by atoms with Crippen molar-refractivity contribution < 1.29 is 41.9 Å². The summed E-state index contributed by atoms with van der Waals surface area (Å²) in [5.74, 6) is -4.18. The Labute approximate surface area is 153 Å². The van der Waals surface area contributed by atoms with Gasteiger partial charge in [-0.05, 0) is 40.5 Å². The van der Waals surface area contributed by atoms with Crippen LogP contribution in [0.25, 0.3) is 0 Å². The predicted octanol–water partition coefficient (Wildman–Crippen LogP) is 1.84. The predicted molar refractivity (Wildman–Crippen MR) is 92.2 cm³/mol. The third-order valence-corrected chi connectivity index (χ3v) is 4.14. The van der Waals surface area contributed by atoms with Crippen LogP contribution in [0, 0.1) is 0 Å². The Balaban J connectivity index is 5.36. The summed E-state index contributed by atoms with van der Waals surface area (Å²) in [4.78, 5) is 36.0. The molecule has 0 amide bonds. The molecule has 26 heavy (non-hydrogen) atoms. The minimum absolute atomic E-state index is 0.161. The lowest BCUT2D eigenvalue weighted by Crippen LogP contribution is -2.48. The van der Waals surface area contributed by atoms with Crippen molar-refractivity contribution in [2.24, 2.45) is 0 Å². The second-order valence-electron chi connectivity index (χ2n) is 4.60. The van der Waals surface area contributed by atoms with Crippen molar-refractivity contribution in [1.29, 1.82) is 0 Å². The third-order valence-electron chi connectivity index (χ3n) is 2.47. The van der Waals surface area contributed by atoms with Gasteiger partial charge in [0.1, 0.15) is 0 Å². The van der Waals surface area contributed by atoms with E-state index >= 15 is 0 Å². The summed E-state index contributed by atoms with van der Waals surface area (Å²) in [6, 6.07) is 0. The molecule has 9 nitrogen and oxygen atoms in total. The summed E-state index contributed by atoms with van der Waals surface area (Å²) in [6.07, 6.45) is 0. The monoisotopic (exact) mass is 388 g/mol. The molecule has 0 bridgehead atoms. The Morgan fingerprint density at radius 3 is 1.08 bits per heavy atom. The fourth-order valence-corrected chi connectivity index (χ4v) is 2.91. The SMILES string of the molecule is C=C(OCC)C(=O)O[Si](C)(OC(=O)C(=C)OCC)OC(=O)C(=C)OCC. The van der Waals surface area contributed by atoms with Gasteiger partial charge in [0.25, 0.3) is 0 Å². The molecule has 0 unspecified atom stereocenters. The topological polar surface area (TPSA) is 107 Å². The van der Waals surface area contributed by atoms with E-state index in [0.29, 0.717) is 0 Å². The molecule has 0 saturated carbocycles. The molecule has 0 radical (unpaired) electrons. The quantitative estimate of drug-likeness (QED) is 0.281. The zero-order valence-electron chi connectivity index (χ0n) is 15.4. The molecule has 0 aliphatic heterocycles. The van der Waals surface area contributed by atoms with E-state index in [1.54, 1.807) is 20.8 Å². The zero-order chi connectivity index (χ0) is 20.3. The molecular weight excluding hydrogens is 364 g/mol. The van der Waals surface area contributed by atoms with Crippen LogP contribution in [0.5, 0.6) is 0 Å². The summed E-state index contributed by atoms with van der Waals surface area (Å²) in [7, 11) is -4.19. The molecule has 0 atom stereocenters. The van der Waals surface area contributed by atoms with E-state index in [0.717, 1.165) is 6.55 Å². The van der Waals surface area contributed by atoms with E-state index in [2.05, 4.69) is 19.7 Å². The van der Waals surface area contributed by atoms with Gasteiger partial charge in [-0.2, -0.15) is 0 Å². The Morgan fingerprint density at radius 2 is 0.885 bits per heavy atom. The number of hydrogen-bond donors (Lipinski definition) is 0. The van der Waals surface area contributed by atoms with Gasteiger partial charge in [-0.3, -0.25) is 0 Å². The highest BCUT2D eigenvalue weighted by Gasteiger charge is 2.49. The summed E-state index contributed by atoms with van der Waals surface area (Å²) >= 11 is 0. The van der Waals surface area contributed by atoms with E-state index in [1.165, 1.54) is 0 Å². The lowest BCUT2D eigenvalue weighted by atomic mass is 10.6. The van der Waals surface area contributed by atoms with Gasteiger partial charge in [-0.1, -0.05) is 0 Å². The van der Waals surface area contributed by atoms with Gasteiger partial charge in [0.05, 0.1) is 19.8 Å². The number of carbonyl (C=O) groups excluding carboxylic acids is 3. The first-order chi connectivity index (χ1) is 12.1. The van der Waals surface area contributed by atoms with Crippen LogP contribution in [0.2, 0.25) is 6.55 Å². The van der Waals surface area contributed by atoms with Crippen LogP contribution >= 0.6 is 0 Å². The molecule has 0 aromatic heterocycles. The molecule has 0 aromatic rings. The molecule has 0 N–H and O–H groups in total. The lowest BCUT2D eigenvalue weighted by Gasteiger charge is -2.25. The third kappa shape index (κ3) is 7.88. The Morgan fingerprint density at radius 1 is 0.654 bits per heavy atom. The average molecular weight is 388 g/mol. The van der Waals surface area contributed by atoms with Crippen molar-refractivity contribution in [3.8, 4) is 0 Å². The van der Waals surface area contributed by atoms with E-state index in [1.807, 2.05) is 0 Å². The van der Waals surface area contributed by atoms with Gasteiger partial charge in [-0.25, -0.2) is 14.4 Å². The maximum atomic E-state index is 12.0. The number of carbonyl (C=O) groups is 3. The number of rotatable bonds is 12. The van der Waals surface area contributed by atoms with Crippen molar-refractivity contribution >= 4 is 26.7 Å². The van der Waals surface area contributed by atoms with Crippen LogP contribution in [0.1, 0.15) is 20.8 Å². The first-order valence-electron chi connectivity index (χ1n) is 7.75. The summed E-state index contributed by atoms with van der Waals surface area (Å²) in [6.45, 7) is 16.7. The normalized spacial score (nSPS) is 10.2. The summed E-state index contributed by atoms with van der Waals surface area (Å²) in [5.41, 5.74) is 0. The molecule has 0 rings (SSSR count). The lowest BCUT2D eigenvalue weighted by molar-refractivity contribution is -0.149. The van der Waals surface area contributed by atoms with Crippen LogP contribution in [0.3, 0.4) is 0 Å². The molecule has 0 aliphatic carbocycles. The van der Waals surface area contributed by atoms with Gasteiger partial charge >= 0.3 is 26.7 Å². The van der Waals surface area contributed by atoms with E-state index in [4.69, 9.17) is 27.5 Å². The zero-order valence-corrected chi connectivity index (χ0v) is 16.4. The Hall–Kier alpha value is -2.75. The maximum absolute atomic E-state index is 12.0. The highest BCUT2D eigenvalue weighted by molar-refractivity contribution is 6.65. The van der Waals surface area contributed by atoms with Gasteiger partial charge in [0.15, 0.2) is 17.3 Å². The molecule has 0 heterocycles. The molecular formula is C16H24O9Si. The summed E-state index contributed by atoms with van der Waals surface area (Å²) in [5, 5.41) is 0. The molecule has 10 heteroatoms. The minimum atomic E-state index is -4.19. The van der Waals surface area contributed by atoms with Gasteiger partial charge in [0, 0.05) is 6.55 Å². The van der Waals surface area contributed by atoms with Crippen molar-refractivity contribution in [3.05, 3.63) is 37.0 Å². The van der Waals surface area contributed by atoms with E-state index in [9.17, 15) is 14.4 Å². The Kier molecular flexibility index (Phi) is 9.81. The Bertz CT molecular complexity index is 503. The van der Waals surface area contributed by atoms with Gasteiger partial charge in [-0.15, -0.1) is 0 Å². The van der Waals surface area contributed by atoms with E-state index in [-0.39, 0.29) is 37.1 Å². The fraction of sp³-hybridized carbons (Fsp3) is 0.438. The van der Waals surface area contributed by atoms with Crippen LogP contribution in [0.4, 0.5) is 0 Å². The van der Waals surface area contributed by atoms with Crippen LogP contribution in [-0.4, -0.2) is 46.5 Å². The fourth-order valence-electron chi connectivity index (χ4n) is 1.44. The minimum Gasteiger partial charge on any atom is -0.487 e. The number of hydrogen-bond acceptors (Lipinski definition) is 9.